The topological polar surface area (TPSA) is 110 Å². The number of fused-ring (bicyclic) bond motifs is 1. The van der Waals surface area contributed by atoms with E-state index < -0.39 is 17.9 Å². The van der Waals surface area contributed by atoms with E-state index in [1.54, 1.807) is 13.1 Å². The second-order valence-corrected chi connectivity index (χ2v) is 9.34. The standard InChI is InChI=1S/C25H22N4O4S/c1-2-32-24(31)23-22-13(12-26-23)20(21-16(27-22)8-5-9-17(21)30)18-10-11-19(33-18)34-25-28-14-6-3-4-7-15(14)29-25/h3-4,6-7,10-12,20,23,27H,2,5,8-9H2,1H3,(H,28,29)/t20-,23?/m1/s1. The number of benzene rings is 1. The Labute approximate surface area is 199 Å². The van der Waals surface area contributed by atoms with Crippen LogP contribution in [0.5, 0.6) is 0 Å². The van der Waals surface area contributed by atoms with Gasteiger partial charge in [0.2, 0.25) is 0 Å². The third-order valence-electron chi connectivity index (χ3n) is 6.25. The van der Waals surface area contributed by atoms with Crippen LogP contribution in [-0.2, 0) is 14.3 Å². The first kappa shape index (κ1) is 21.0. The molecular weight excluding hydrogens is 452 g/mol. The lowest BCUT2D eigenvalue weighted by Crippen LogP contribution is -2.36. The molecule has 1 aliphatic carbocycles. The Morgan fingerprint density at radius 1 is 1.24 bits per heavy atom. The normalized spacial score (nSPS) is 21.6. The van der Waals surface area contributed by atoms with Crippen LogP contribution >= 0.6 is 11.8 Å². The van der Waals surface area contributed by atoms with Crippen molar-refractivity contribution in [2.45, 2.75) is 48.4 Å². The number of rotatable bonds is 5. The molecule has 6 rings (SSSR count). The molecule has 0 saturated heterocycles. The third-order valence-corrected chi connectivity index (χ3v) is 7.06. The number of aliphatic imine (C=N–C) groups is 1. The summed E-state index contributed by atoms with van der Waals surface area (Å²) in [5, 5.41) is 4.74. The molecule has 34 heavy (non-hydrogen) atoms. The summed E-state index contributed by atoms with van der Waals surface area (Å²) in [6.45, 7) is 2.05. The minimum Gasteiger partial charge on any atom is -0.464 e. The number of nitrogens with zero attached hydrogens (tertiary/aromatic N) is 2. The van der Waals surface area contributed by atoms with Crippen molar-refractivity contribution in [3.8, 4) is 0 Å². The molecule has 0 fully saturated rings. The Hall–Kier alpha value is -3.59. The van der Waals surface area contributed by atoms with Crippen molar-refractivity contribution in [2.24, 2.45) is 4.99 Å². The van der Waals surface area contributed by atoms with E-state index in [9.17, 15) is 9.59 Å². The first-order valence-electron chi connectivity index (χ1n) is 11.3. The van der Waals surface area contributed by atoms with Gasteiger partial charge in [0, 0.05) is 29.5 Å². The van der Waals surface area contributed by atoms with Crippen LogP contribution in [0.25, 0.3) is 11.0 Å². The highest BCUT2D eigenvalue weighted by molar-refractivity contribution is 7.99. The Balaban J connectivity index is 1.36. The molecule has 1 aromatic carbocycles. The number of ether oxygens (including phenoxy) is 1. The fourth-order valence-corrected chi connectivity index (χ4v) is 5.56. The number of H-pyrrole nitrogens is 1. The highest BCUT2D eigenvalue weighted by Crippen LogP contribution is 2.45. The smallest absolute Gasteiger partial charge is 0.337 e. The molecule has 2 aliphatic heterocycles. The van der Waals surface area contributed by atoms with Crippen LogP contribution in [0, 0.1) is 0 Å². The van der Waals surface area contributed by atoms with Gasteiger partial charge in [0.1, 0.15) is 5.76 Å². The number of nitrogens with one attached hydrogen (secondary N) is 2. The summed E-state index contributed by atoms with van der Waals surface area (Å²) >= 11 is 1.39. The van der Waals surface area contributed by atoms with Crippen molar-refractivity contribution in [1.82, 2.24) is 15.3 Å². The molecule has 3 aliphatic rings. The van der Waals surface area contributed by atoms with Gasteiger partial charge in [-0.2, -0.15) is 0 Å². The quantitative estimate of drug-likeness (QED) is 0.532. The van der Waals surface area contributed by atoms with Crippen LogP contribution in [0.3, 0.4) is 0 Å². The highest BCUT2D eigenvalue weighted by atomic mass is 32.2. The number of dihydropyridines is 1. The summed E-state index contributed by atoms with van der Waals surface area (Å²) in [7, 11) is 0. The largest absolute Gasteiger partial charge is 0.464 e. The van der Waals surface area contributed by atoms with Crippen molar-refractivity contribution in [1.29, 1.82) is 0 Å². The number of hydrogen-bond donors (Lipinski definition) is 2. The number of ketones is 1. The van der Waals surface area contributed by atoms with Gasteiger partial charge in [-0.1, -0.05) is 12.1 Å². The summed E-state index contributed by atoms with van der Waals surface area (Å²) in [4.78, 5) is 37.8. The van der Waals surface area contributed by atoms with Crippen molar-refractivity contribution < 1.29 is 18.7 Å². The van der Waals surface area contributed by atoms with E-state index in [-0.39, 0.29) is 12.4 Å². The number of imidazole rings is 1. The molecule has 0 radical (unpaired) electrons. The van der Waals surface area contributed by atoms with Gasteiger partial charge < -0.3 is 19.5 Å². The van der Waals surface area contributed by atoms with Gasteiger partial charge in [-0.15, -0.1) is 0 Å². The molecule has 2 N–H and O–H groups in total. The summed E-state index contributed by atoms with van der Waals surface area (Å²) < 4.78 is 11.5. The van der Waals surface area contributed by atoms with Gasteiger partial charge in [0.25, 0.3) is 0 Å². The van der Waals surface area contributed by atoms with Gasteiger partial charge in [-0.3, -0.25) is 9.79 Å². The molecule has 172 valence electrons. The molecule has 2 atom stereocenters. The Morgan fingerprint density at radius 2 is 2.12 bits per heavy atom. The van der Waals surface area contributed by atoms with E-state index in [0.717, 1.165) is 40.3 Å². The molecule has 0 spiro atoms. The predicted octanol–water partition coefficient (Wildman–Crippen LogP) is 4.27. The van der Waals surface area contributed by atoms with Crippen molar-refractivity contribution in [3.05, 3.63) is 64.7 Å². The van der Waals surface area contributed by atoms with Crippen LogP contribution < -0.4 is 5.32 Å². The Bertz CT molecular complexity index is 1380. The Morgan fingerprint density at radius 3 is 2.97 bits per heavy atom. The van der Waals surface area contributed by atoms with Gasteiger partial charge >= 0.3 is 5.97 Å². The van der Waals surface area contributed by atoms with Crippen LogP contribution in [0.2, 0.25) is 0 Å². The van der Waals surface area contributed by atoms with Gasteiger partial charge in [0.05, 0.1) is 29.3 Å². The maximum absolute atomic E-state index is 13.0. The summed E-state index contributed by atoms with van der Waals surface area (Å²) in [6.07, 6.45) is 3.69. The molecule has 4 heterocycles. The number of hydrogen-bond acceptors (Lipinski definition) is 8. The Kier molecular flexibility index (Phi) is 5.13. The number of aromatic nitrogens is 2. The van der Waals surface area contributed by atoms with Crippen molar-refractivity contribution in [2.75, 3.05) is 6.61 Å². The number of allylic oxidation sites excluding steroid dienone is 3. The molecule has 3 aromatic rings. The van der Waals surface area contributed by atoms with Crippen molar-refractivity contribution in [3.63, 3.8) is 0 Å². The summed E-state index contributed by atoms with van der Waals surface area (Å²) in [5.74, 6) is -0.0681. The van der Waals surface area contributed by atoms with Crippen LogP contribution in [0.15, 0.2) is 78.6 Å². The van der Waals surface area contributed by atoms with E-state index in [1.165, 1.54) is 11.8 Å². The zero-order valence-corrected chi connectivity index (χ0v) is 19.3. The second kappa shape index (κ2) is 8.32. The fraction of sp³-hybridized carbons (Fsp3) is 0.280. The summed E-state index contributed by atoms with van der Waals surface area (Å²) in [5.41, 5.74) is 4.86. The lowest BCUT2D eigenvalue weighted by atomic mass is 9.77. The number of carbonyl (C=O) groups is 2. The van der Waals surface area contributed by atoms with Gasteiger partial charge in [-0.05, 0) is 55.8 Å². The second-order valence-electron chi connectivity index (χ2n) is 8.35. The SMILES string of the molecule is CCOC(=O)C1N=CC2=C1NC1=C(C(=O)CCC1)[C@H]2c1ccc(Sc2nc3ccccc3[nH]2)o1. The summed E-state index contributed by atoms with van der Waals surface area (Å²) in [6, 6.07) is 10.9. The zero-order valence-electron chi connectivity index (χ0n) is 18.5. The number of aromatic amines is 1. The average molecular weight is 475 g/mol. The zero-order chi connectivity index (χ0) is 23.2. The minimum absolute atomic E-state index is 0.0983. The van der Waals surface area contributed by atoms with E-state index in [4.69, 9.17) is 9.15 Å². The molecule has 0 saturated carbocycles. The maximum atomic E-state index is 13.0. The number of para-hydroxylation sites is 2. The minimum atomic E-state index is -0.747. The van der Waals surface area contributed by atoms with E-state index in [2.05, 4.69) is 20.3 Å². The van der Waals surface area contributed by atoms with Gasteiger partial charge in [0.15, 0.2) is 22.1 Å². The monoisotopic (exact) mass is 474 g/mol. The van der Waals surface area contributed by atoms with E-state index >= 15 is 0 Å². The highest BCUT2D eigenvalue weighted by Gasteiger charge is 2.43. The molecule has 1 unspecified atom stereocenters. The van der Waals surface area contributed by atoms with Crippen LogP contribution in [0.1, 0.15) is 37.9 Å². The number of esters is 1. The third kappa shape index (κ3) is 3.47. The first-order chi connectivity index (χ1) is 16.6. The molecule has 0 bridgehead atoms. The van der Waals surface area contributed by atoms with E-state index in [0.29, 0.717) is 28.5 Å². The number of furan rings is 1. The molecule has 2 aromatic heterocycles. The lowest BCUT2D eigenvalue weighted by Gasteiger charge is -2.32. The number of Topliss-reactive ketones (excluding diaryl/α,β-unsaturated/α-hetero) is 1. The number of carbonyl (C=O) groups excluding carboxylic acids is 2. The fourth-order valence-electron chi connectivity index (χ4n) is 4.79. The predicted molar refractivity (Wildman–Crippen MR) is 127 cm³/mol. The van der Waals surface area contributed by atoms with Gasteiger partial charge in [-0.25, -0.2) is 9.78 Å². The molecule has 9 heteroatoms. The van der Waals surface area contributed by atoms with E-state index in [1.807, 2.05) is 36.4 Å². The maximum Gasteiger partial charge on any atom is 0.337 e. The van der Waals surface area contributed by atoms with Crippen LogP contribution in [0.4, 0.5) is 0 Å². The molecular formula is C25H22N4O4S. The lowest BCUT2D eigenvalue weighted by molar-refractivity contribution is -0.143. The van der Waals surface area contributed by atoms with Crippen molar-refractivity contribution >= 4 is 40.8 Å². The first-order valence-corrected chi connectivity index (χ1v) is 12.1. The van der Waals surface area contributed by atoms with Crippen LogP contribution in [-0.4, -0.2) is 40.6 Å². The average Bonchev–Trinajstić information content (AvgIpc) is 3.56. The molecule has 0 amide bonds. The molecule has 8 nitrogen and oxygen atoms in total.